The van der Waals surface area contributed by atoms with Crippen LogP contribution in [-0.4, -0.2) is 16.2 Å². The number of aliphatic hydroxyl groups excluding tert-OH is 1. The maximum Gasteiger partial charge on any atom is 0.145 e. The highest BCUT2D eigenvalue weighted by Crippen LogP contribution is 2.35. The molecule has 0 saturated carbocycles. The van der Waals surface area contributed by atoms with Gasteiger partial charge < -0.3 is 9.84 Å². The fourth-order valence-electron chi connectivity index (χ4n) is 2.63. The van der Waals surface area contributed by atoms with Crippen molar-refractivity contribution >= 4 is 17.7 Å². The van der Waals surface area contributed by atoms with E-state index in [0.717, 1.165) is 24.8 Å². The molecular weight excluding hydrogens is 353 g/mol. The van der Waals surface area contributed by atoms with Crippen molar-refractivity contribution in [3.8, 4) is 5.75 Å². The number of aromatic nitrogens is 1. The zero-order chi connectivity index (χ0) is 19.2. The summed E-state index contributed by atoms with van der Waals surface area (Å²) in [5, 5.41) is 11.2. The molecule has 1 heterocycles. The molecular formula is C21H25ClFNO2. The fraction of sp³-hybridized carbons (Fsp3) is 0.381. The summed E-state index contributed by atoms with van der Waals surface area (Å²) >= 11 is 6.09. The molecule has 1 N–H and O–H groups in total. The van der Waals surface area contributed by atoms with Crippen LogP contribution in [0.5, 0.6) is 5.75 Å². The van der Waals surface area contributed by atoms with E-state index >= 15 is 0 Å². The molecule has 1 aromatic carbocycles. The van der Waals surface area contributed by atoms with E-state index in [1.165, 1.54) is 18.2 Å². The number of unbranched alkanes of at least 4 members (excludes halogenated alkanes) is 1. The Bertz CT molecular complexity index is 747. The van der Waals surface area contributed by atoms with Gasteiger partial charge in [-0.2, -0.15) is 0 Å². The number of benzene rings is 1. The molecule has 1 atom stereocenters. The van der Waals surface area contributed by atoms with Gasteiger partial charge in [-0.1, -0.05) is 51.3 Å². The molecule has 1 unspecified atom stereocenters. The first-order valence-corrected chi connectivity index (χ1v) is 9.14. The third-order valence-corrected chi connectivity index (χ3v) is 4.59. The van der Waals surface area contributed by atoms with Crippen LogP contribution in [0.3, 0.4) is 0 Å². The van der Waals surface area contributed by atoms with Gasteiger partial charge in [0.15, 0.2) is 0 Å². The molecule has 0 fully saturated rings. The van der Waals surface area contributed by atoms with Crippen LogP contribution in [-0.2, 0) is 0 Å². The first-order valence-electron chi connectivity index (χ1n) is 8.76. The Balaban J connectivity index is 2.37. The molecule has 0 radical (unpaired) electrons. The zero-order valence-corrected chi connectivity index (χ0v) is 16.1. The molecule has 2 aromatic rings. The Morgan fingerprint density at radius 2 is 2.15 bits per heavy atom. The lowest BCUT2D eigenvalue weighted by Crippen LogP contribution is -2.33. The highest BCUT2D eigenvalue weighted by molar-refractivity contribution is 6.32. The number of hydrogen-bond acceptors (Lipinski definition) is 3. The Kier molecular flexibility index (Phi) is 7.18. The minimum absolute atomic E-state index is 0.153. The van der Waals surface area contributed by atoms with Crippen molar-refractivity contribution in [3.63, 3.8) is 0 Å². The Hall–Kier alpha value is -1.91. The zero-order valence-electron chi connectivity index (χ0n) is 15.4. The van der Waals surface area contributed by atoms with Crippen LogP contribution >= 0.6 is 11.6 Å². The van der Waals surface area contributed by atoms with E-state index in [1.807, 2.05) is 26.0 Å². The molecule has 5 heteroatoms. The minimum atomic E-state index is -0.852. The maximum atomic E-state index is 13.3. The van der Waals surface area contributed by atoms with Crippen LogP contribution < -0.4 is 4.74 Å². The number of rotatable bonds is 8. The quantitative estimate of drug-likeness (QED) is 0.585. The number of pyridine rings is 1. The van der Waals surface area contributed by atoms with Crippen LogP contribution in [0.25, 0.3) is 6.08 Å². The van der Waals surface area contributed by atoms with Crippen LogP contribution in [0.4, 0.5) is 4.39 Å². The summed E-state index contributed by atoms with van der Waals surface area (Å²) in [7, 11) is 0. The van der Waals surface area contributed by atoms with E-state index in [-0.39, 0.29) is 5.02 Å². The van der Waals surface area contributed by atoms with Crippen molar-refractivity contribution in [2.45, 2.75) is 46.1 Å². The van der Waals surface area contributed by atoms with E-state index in [1.54, 1.807) is 18.5 Å². The number of halogens is 2. The highest BCUT2D eigenvalue weighted by atomic mass is 35.5. The van der Waals surface area contributed by atoms with Gasteiger partial charge in [-0.15, -0.1) is 0 Å². The number of ether oxygens (including phenoxy) is 1. The molecule has 2 rings (SSSR count). The Morgan fingerprint density at radius 1 is 1.38 bits per heavy atom. The number of hydrogen-bond donors (Lipinski definition) is 1. The van der Waals surface area contributed by atoms with Crippen molar-refractivity contribution in [2.75, 3.05) is 0 Å². The standard InChI is InChI=1S/C21H25ClFNO2/c1-4-5-10-21(2,3)20(25)19(12-15-7-6-11-24-14-15)26-18-9-8-16(23)13-17(18)22/h6-9,11-14,20,25H,4-5,10H2,1-3H3/b19-12+. The third-order valence-electron chi connectivity index (χ3n) is 4.30. The molecule has 140 valence electrons. The predicted molar refractivity (Wildman–Crippen MR) is 104 cm³/mol. The summed E-state index contributed by atoms with van der Waals surface area (Å²) < 4.78 is 19.2. The van der Waals surface area contributed by atoms with Crippen molar-refractivity contribution in [3.05, 3.63) is 64.9 Å². The van der Waals surface area contributed by atoms with E-state index < -0.39 is 17.3 Å². The van der Waals surface area contributed by atoms with Gasteiger partial charge in [0.05, 0.1) is 5.02 Å². The molecule has 26 heavy (non-hydrogen) atoms. The van der Waals surface area contributed by atoms with Crippen molar-refractivity contribution in [1.82, 2.24) is 4.98 Å². The topological polar surface area (TPSA) is 42.4 Å². The Morgan fingerprint density at radius 3 is 2.77 bits per heavy atom. The second-order valence-corrected chi connectivity index (χ2v) is 7.41. The summed E-state index contributed by atoms with van der Waals surface area (Å²) in [5.41, 5.74) is 0.405. The molecule has 0 aliphatic heterocycles. The SMILES string of the molecule is CCCCC(C)(C)C(O)/C(=C\c1cccnc1)Oc1ccc(F)cc1Cl. The van der Waals surface area contributed by atoms with E-state index in [2.05, 4.69) is 11.9 Å². The van der Waals surface area contributed by atoms with E-state index in [4.69, 9.17) is 16.3 Å². The molecule has 0 aliphatic carbocycles. The van der Waals surface area contributed by atoms with Gasteiger partial charge in [0.1, 0.15) is 23.4 Å². The summed E-state index contributed by atoms with van der Waals surface area (Å²) in [6.45, 7) is 6.11. The lowest BCUT2D eigenvalue weighted by Gasteiger charge is -2.32. The van der Waals surface area contributed by atoms with Gasteiger partial charge in [-0.3, -0.25) is 4.98 Å². The van der Waals surface area contributed by atoms with Crippen molar-refractivity contribution < 1.29 is 14.2 Å². The van der Waals surface area contributed by atoms with Gasteiger partial charge >= 0.3 is 0 Å². The molecule has 0 amide bonds. The van der Waals surface area contributed by atoms with Crippen molar-refractivity contribution in [2.24, 2.45) is 5.41 Å². The molecule has 1 aromatic heterocycles. The van der Waals surface area contributed by atoms with Crippen LogP contribution in [0.1, 0.15) is 45.6 Å². The van der Waals surface area contributed by atoms with Crippen LogP contribution in [0, 0.1) is 11.2 Å². The molecule has 0 aliphatic rings. The summed E-state index contributed by atoms with van der Waals surface area (Å²) in [6, 6.07) is 7.60. The maximum absolute atomic E-state index is 13.3. The lowest BCUT2D eigenvalue weighted by atomic mass is 9.80. The van der Waals surface area contributed by atoms with Gasteiger partial charge in [0, 0.05) is 12.4 Å². The first-order chi connectivity index (χ1) is 12.3. The van der Waals surface area contributed by atoms with Gasteiger partial charge in [0.25, 0.3) is 0 Å². The normalized spacial score (nSPS) is 13.5. The first kappa shape index (κ1) is 20.4. The summed E-state index contributed by atoms with van der Waals surface area (Å²) in [4.78, 5) is 4.09. The molecule has 0 saturated heterocycles. The monoisotopic (exact) mass is 377 g/mol. The van der Waals surface area contributed by atoms with E-state index in [0.29, 0.717) is 11.5 Å². The average Bonchev–Trinajstić information content (AvgIpc) is 2.62. The third kappa shape index (κ3) is 5.55. The van der Waals surface area contributed by atoms with Gasteiger partial charge in [0.2, 0.25) is 0 Å². The summed E-state index contributed by atoms with van der Waals surface area (Å²) in [6.07, 6.45) is 7.14. The molecule has 3 nitrogen and oxygen atoms in total. The number of nitrogens with zero attached hydrogens (tertiary/aromatic N) is 1. The average molecular weight is 378 g/mol. The largest absolute Gasteiger partial charge is 0.457 e. The van der Waals surface area contributed by atoms with Crippen molar-refractivity contribution in [1.29, 1.82) is 0 Å². The highest BCUT2D eigenvalue weighted by Gasteiger charge is 2.32. The second-order valence-electron chi connectivity index (χ2n) is 7.00. The summed E-state index contributed by atoms with van der Waals surface area (Å²) in [5.74, 6) is 0.213. The lowest BCUT2D eigenvalue weighted by molar-refractivity contribution is 0.0449. The van der Waals surface area contributed by atoms with Gasteiger partial charge in [-0.05, 0) is 47.7 Å². The number of aliphatic hydroxyl groups is 1. The Labute approximate surface area is 159 Å². The second kappa shape index (κ2) is 9.15. The molecule has 0 spiro atoms. The minimum Gasteiger partial charge on any atom is -0.457 e. The van der Waals surface area contributed by atoms with Gasteiger partial charge in [-0.25, -0.2) is 4.39 Å². The van der Waals surface area contributed by atoms with E-state index in [9.17, 15) is 9.50 Å². The molecule has 0 bridgehead atoms. The van der Waals surface area contributed by atoms with Crippen LogP contribution in [0.15, 0.2) is 48.5 Å². The fourth-order valence-corrected chi connectivity index (χ4v) is 2.83. The van der Waals surface area contributed by atoms with Crippen LogP contribution in [0.2, 0.25) is 5.02 Å². The smallest absolute Gasteiger partial charge is 0.145 e. The predicted octanol–water partition coefficient (Wildman–Crippen LogP) is 5.87.